The molecule has 1 aromatic rings. The minimum absolute atomic E-state index is 0.808. The molecule has 0 radical (unpaired) electrons. The molecule has 0 spiro atoms. The highest BCUT2D eigenvalue weighted by Crippen LogP contribution is 2.15. The van der Waals surface area contributed by atoms with Crippen molar-refractivity contribution in [2.24, 2.45) is 11.8 Å². The van der Waals surface area contributed by atoms with Crippen LogP contribution in [0, 0.1) is 11.8 Å². The van der Waals surface area contributed by atoms with Gasteiger partial charge in [-0.05, 0) is 37.5 Å². The van der Waals surface area contributed by atoms with Crippen molar-refractivity contribution in [2.75, 3.05) is 7.11 Å². The zero-order valence-corrected chi connectivity index (χ0v) is 18.7. The van der Waals surface area contributed by atoms with E-state index in [1.165, 1.54) is 64.5 Å². The van der Waals surface area contributed by atoms with E-state index in [2.05, 4.69) is 59.7 Å². The van der Waals surface area contributed by atoms with E-state index in [1.54, 1.807) is 0 Å². The second-order valence-electron chi connectivity index (χ2n) is 7.22. The molecule has 0 saturated carbocycles. The van der Waals surface area contributed by atoms with Crippen LogP contribution in [0.4, 0.5) is 0 Å². The first kappa shape index (κ1) is 26.1. The molecule has 0 bridgehead atoms. The molecule has 0 saturated heterocycles. The van der Waals surface area contributed by atoms with Crippen molar-refractivity contribution in [1.29, 1.82) is 0 Å². The average Bonchev–Trinajstić information content (AvgIpc) is 3.08. The van der Waals surface area contributed by atoms with E-state index in [0.29, 0.717) is 0 Å². The van der Waals surface area contributed by atoms with Crippen LogP contribution in [0.5, 0.6) is 0 Å². The molecule has 0 fully saturated rings. The van der Waals surface area contributed by atoms with Crippen LogP contribution in [0.25, 0.3) is 0 Å². The normalized spacial score (nSPS) is 13.7. The zero-order valence-electron chi connectivity index (χ0n) is 17.9. The first-order chi connectivity index (χ1) is 12.8. The summed E-state index contributed by atoms with van der Waals surface area (Å²) in [5.41, 5.74) is 0. The summed E-state index contributed by atoms with van der Waals surface area (Å²) in [6.45, 7) is 11.6. The van der Waals surface area contributed by atoms with E-state index in [1.807, 2.05) is 0 Å². The predicted octanol–water partition coefficient (Wildman–Crippen LogP) is 4.30. The Morgan fingerprint density at radius 1 is 1.04 bits per heavy atom. The fraction of sp³-hybridized carbons (Fsp3) is 0.850. The van der Waals surface area contributed by atoms with E-state index in [4.69, 9.17) is 0 Å². The standard InChI is InChI=1S/C19H37N2.CH4O4S/c1-5-9-11-18(7-3)15-20-13-14-21(17-20)16-19(8-4)12-10-6-2;1-5-6(2,3)4/h13-14,17-19H,5-12,15-16H2,1-4H3;1H3,(H,2,3,4)/q+1;/p-1. The van der Waals surface area contributed by atoms with Gasteiger partial charge in [0, 0.05) is 0 Å². The van der Waals surface area contributed by atoms with Crippen LogP contribution >= 0.6 is 0 Å². The second kappa shape index (κ2) is 15.1. The molecular weight excluding hydrogens is 364 g/mol. The number of aromatic nitrogens is 2. The third-order valence-electron chi connectivity index (χ3n) is 4.97. The van der Waals surface area contributed by atoms with Gasteiger partial charge in [-0.15, -0.1) is 0 Å². The van der Waals surface area contributed by atoms with Gasteiger partial charge in [0.25, 0.3) is 0 Å². The lowest BCUT2D eigenvalue weighted by atomic mass is 9.99. The molecule has 160 valence electrons. The summed E-state index contributed by atoms with van der Waals surface area (Å²) >= 11 is 0. The molecule has 27 heavy (non-hydrogen) atoms. The monoisotopic (exact) mass is 404 g/mol. The minimum atomic E-state index is -4.41. The van der Waals surface area contributed by atoms with E-state index in [9.17, 15) is 13.0 Å². The van der Waals surface area contributed by atoms with Crippen LogP contribution in [-0.2, 0) is 27.7 Å². The molecule has 1 rings (SSSR count). The molecule has 0 aliphatic rings. The topological polar surface area (TPSA) is 75.2 Å². The van der Waals surface area contributed by atoms with Crippen LogP contribution in [0.15, 0.2) is 18.7 Å². The fourth-order valence-electron chi connectivity index (χ4n) is 3.09. The lowest BCUT2D eigenvalue weighted by Crippen LogP contribution is -2.35. The second-order valence-corrected chi connectivity index (χ2v) is 8.36. The Morgan fingerprint density at radius 2 is 1.56 bits per heavy atom. The van der Waals surface area contributed by atoms with Gasteiger partial charge in [0.05, 0.1) is 20.2 Å². The van der Waals surface area contributed by atoms with Gasteiger partial charge in [-0.3, -0.25) is 4.18 Å². The summed E-state index contributed by atoms with van der Waals surface area (Å²) in [6, 6.07) is 0. The Labute approximate surface area is 166 Å². The Balaban J connectivity index is 0.000000972. The molecule has 0 aliphatic heterocycles. The highest BCUT2D eigenvalue weighted by molar-refractivity contribution is 7.80. The largest absolute Gasteiger partial charge is 0.726 e. The third kappa shape index (κ3) is 13.8. The van der Waals surface area contributed by atoms with Gasteiger partial charge in [0.1, 0.15) is 12.4 Å². The number of hydrogen-bond donors (Lipinski definition) is 0. The Kier molecular flexibility index (Phi) is 14.5. The fourth-order valence-corrected chi connectivity index (χ4v) is 3.09. The van der Waals surface area contributed by atoms with Gasteiger partial charge in [-0.2, -0.15) is 0 Å². The molecule has 0 aliphatic carbocycles. The molecular formula is C20H40N2O4S. The van der Waals surface area contributed by atoms with Crippen molar-refractivity contribution in [3.8, 4) is 0 Å². The van der Waals surface area contributed by atoms with E-state index in [-0.39, 0.29) is 0 Å². The molecule has 0 aromatic carbocycles. The van der Waals surface area contributed by atoms with Gasteiger partial charge < -0.3 is 4.55 Å². The molecule has 0 amide bonds. The minimum Gasteiger partial charge on any atom is -0.726 e. The van der Waals surface area contributed by atoms with Gasteiger partial charge in [-0.25, -0.2) is 17.6 Å². The van der Waals surface area contributed by atoms with Crippen LogP contribution in [-0.4, -0.2) is 24.6 Å². The summed E-state index contributed by atoms with van der Waals surface area (Å²) in [4.78, 5) is 0. The summed E-state index contributed by atoms with van der Waals surface area (Å²) < 4.78 is 35.8. The summed E-state index contributed by atoms with van der Waals surface area (Å²) in [5, 5.41) is 0. The predicted molar refractivity (Wildman–Crippen MR) is 108 cm³/mol. The molecule has 2 atom stereocenters. The number of hydrogen-bond acceptors (Lipinski definition) is 4. The van der Waals surface area contributed by atoms with Crippen molar-refractivity contribution < 1.29 is 21.7 Å². The van der Waals surface area contributed by atoms with E-state index < -0.39 is 10.4 Å². The maximum absolute atomic E-state index is 9.22. The molecule has 7 heteroatoms. The maximum atomic E-state index is 9.22. The van der Waals surface area contributed by atoms with Gasteiger partial charge in [0.2, 0.25) is 16.7 Å². The third-order valence-corrected chi connectivity index (χ3v) is 5.38. The maximum Gasteiger partial charge on any atom is 0.243 e. The van der Waals surface area contributed by atoms with Crippen molar-refractivity contribution >= 4 is 10.4 Å². The average molecular weight is 405 g/mol. The van der Waals surface area contributed by atoms with Crippen LogP contribution in [0.2, 0.25) is 0 Å². The molecule has 1 aromatic heterocycles. The smallest absolute Gasteiger partial charge is 0.243 e. The van der Waals surface area contributed by atoms with Gasteiger partial charge in [-0.1, -0.05) is 53.4 Å². The SMILES string of the molecule is CCCCC(CC)Cn1cc[n+](CC(CC)CCCC)c1.COS(=O)(=O)[O-]. The van der Waals surface area contributed by atoms with Crippen LogP contribution < -0.4 is 4.57 Å². The lowest BCUT2D eigenvalue weighted by molar-refractivity contribution is -0.703. The number of rotatable bonds is 13. The first-order valence-corrected chi connectivity index (χ1v) is 11.7. The molecule has 6 nitrogen and oxygen atoms in total. The van der Waals surface area contributed by atoms with Gasteiger partial charge >= 0.3 is 0 Å². The van der Waals surface area contributed by atoms with Crippen molar-refractivity contribution in [3.63, 3.8) is 0 Å². The summed E-state index contributed by atoms with van der Waals surface area (Å²) in [6.07, 6.45) is 17.6. The highest BCUT2D eigenvalue weighted by Gasteiger charge is 2.14. The molecule has 0 N–H and O–H groups in total. The Morgan fingerprint density at radius 3 is 2.00 bits per heavy atom. The van der Waals surface area contributed by atoms with Crippen molar-refractivity contribution in [1.82, 2.24) is 4.57 Å². The van der Waals surface area contributed by atoms with Crippen LogP contribution in [0.3, 0.4) is 0 Å². The van der Waals surface area contributed by atoms with E-state index in [0.717, 1.165) is 18.9 Å². The van der Waals surface area contributed by atoms with Crippen molar-refractivity contribution in [3.05, 3.63) is 18.7 Å². The van der Waals surface area contributed by atoms with E-state index >= 15 is 0 Å². The molecule has 1 heterocycles. The molecule has 2 unspecified atom stereocenters. The Bertz CT molecular complexity index is 540. The summed E-state index contributed by atoms with van der Waals surface area (Å²) in [7, 11) is -3.60. The zero-order chi connectivity index (χ0) is 20.7. The van der Waals surface area contributed by atoms with Gasteiger partial charge in [0.15, 0.2) is 0 Å². The van der Waals surface area contributed by atoms with Crippen LogP contribution in [0.1, 0.15) is 79.1 Å². The summed E-state index contributed by atoms with van der Waals surface area (Å²) in [5.74, 6) is 1.68. The highest BCUT2D eigenvalue weighted by atomic mass is 32.3. The quantitative estimate of drug-likeness (QED) is 0.279. The number of imidazole rings is 1. The Hall–Kier alpha value is -0.920. The number of nitrogens with zero attached hydrogens (tertiary/aromatic N) is 2. The first-order valence-electron chi connectivity index (χ1n) is 10.4. The number of unbranched alkanes of at least 4 members (excludes halogenated alkanes) is 2. The lowest BCUT2D eigenvalue weighted by Gasteiger charge is -2.12. The van der Waals surface area contributed by atoms with Crippen molar-refractivity contribution in [2.45, 2.75) is 92.2 Å².